The highest BCUT2D eigenvalue weighted by atomic mass is 35.5. The predicted molar refractivity (Wildman–Crippen MR) is 84.3 cm³/mol. The molecule has 2 aromatic carbocycles. The second-order valence-corrected chi connectivity index (χ2v) is 5.51. The molecular formula is C17H16ClF2NO2. The smallest absolute Gasteiger partial charge is 0.255 e. The van der Waals surface area contributed by atoms with E-state index >= 15 is 0 Å². The Bertz CT molecular complexity index is 694. The Kier molecular flexibility index (Phi) is 5.69. The topological polar surface area (TPSA) is 40.5 Å². The Balaban J connectivity index is 2.35. The van der Waals surface area contributed by atoms with E-state index in [1.165, 1.54) is 11.9 Å². The van der Waals surface area contributed by atoms with Crippen LogP contribution >= 0.6 is 11.6 Å². The van der Waals surface area contributed by atoms with Crippen LogP contribution in [0.15, 0.2) is 42.5 Å². The number of amides is 1. The third-order valence-corrected chi connectivity index (χ3v) is 3.93. The van der Waals surface area contributed by atoms with Gasteiger partial charge in [0, 0.05) is 13.7 Å². The number of benzene rings is 2. The number of aliphatic hydroxyl groups is 1. The first-order chi connectivity index (χ1) is 11.0. The number of carbonyl (C=O) groups excluding carboxylic acids is 1. The van der Waals surface area contributed by atoms with Gasteiger partial charge in [-0.2, -0.15) is 0 Å². The maximum absolute atomic E-state index is 13.4. The molecule has 23 heavy (non-hydrogen) atoms. The van der Waals surface area contributed by atoms with Crippen molar-refractivity contribution in [3.05, 3.63) is 70.2 Å². The molecule has 1 atom stereocenters. The summed E-state index contributed by atoms with van der Waals surface area (Å²) in [4.78, 5) is 14.0. The van der Waals surface area contributed by atoms with Gasteiger partial charge in [-0.15, -0.1) is 0 Å². The van der Waals surface area contributed by atoms with Gasteiger partial charge in [-0.3, -0.25) is 4.79 Å². The van der Waals surface area contributed by atoms with Gasteiger partial charge in [0.05, 0.1) is 16.6 Å². The van der Waals surface area contributed by atoms with E-state index in [9.17, 15) is 18.7 Å². The summed E-state index contributed by atoms with van der Waals surface area (Å²) in [6.07, 6.45) is 0.313. The number of nitrogens with zero attached hydrogens (tertiary/aromatic N) is 1. The van der Waals surface area contributed by atoms with Gasteiger partial charge in [0.15, 0.2) is 11.6 Å². The van der Waals surface area contributed by atoms with E-state index in [0.29, 0.717) is 6.42 Å². The van der Waals surface area contributed by atoms with Gasteiger partial charge in [-0.1, -0.05) is 41.9 Å². The molecule has 1 N–H and O–H groups in total. The molecule has 1 unspecified atom stereocenters. The van der Waals surface area contributed by atoms with Gasteiger partial charge in [-0.25, -0.2) is 8.78 Å². The summed E-state index contributed by atoms with van der Waals surface area (Å²) in [5.41, 5.74) is 0.711. The molecule has 0 heterocycles. The number of carbonyl (C=O) groups is 1. The summed E-state index contributed by atoms with van der Waals surface area (Å²) in [5.74, 6) is -2.79. The highest BCUT2D eigenvalue weighted by molar-refractivity contribution is 6.33. The van der Waals surface area contributed by atoms with Crippen LogP contribution in [0.3, 0.4) is 0 Å². The molecule has 122 valence electrons. The van der Waals surface area contributed by atoms with Crippen molar-refractivity contribution in [2.75, 3.05) is 13.7 Å². The number of halogens is 3. The Morgan fingerprint density at radius 3 is 2.43 bits per heavy atom. The van der Waals surface area contributed by atoms with Crippen molar-refractivity contribution < 1.29 is 18.7 Å². The minimum atomic E-state index is -1.13. The Labute approximate surface area is 138 Å². The Morgan fingerprint density at radius 1 is 1.22 bits per heavy atom. The number of hydrogen-bond donors (Lipinski definition) is 1. The SMILES string of the molecule is CN(C(=O)c1cc(F)c(F)cc1Cl)C(CCO)c1ccccc1. The van der Waals surface area contributed by atoms with E-state index in [1.54, 1.807) is 0 Å². The van der Waals surface area contributed by atoms with Crippen LogP contribution in [0, 0.1) is 11.6 Å². The second kappa shape index (κ2) is 7.53. The Hall–Kier alpha value is -1.98. The molecule has 0 spiro atoms. The van der Waals surface area contributed by atoms with Crippen LogP contribution in [0.5, 0.6) is 0 Å². The fourth-order valence-electron chi connectivity index (χ4n) is 2.40. The van der Waals surface area contributed by atoms with Gasteiger partial charge < -0.3 is 10.0 Å². The lowest BCUT2D eigenvalue weighted by molar-refractivity contribution is 0.0704. The number of rotatable bonds is 5. The molecule has 6 heteroatoms. The first-order valence-corrected chi connectivity index (χ1v) is 7.41. The summed E-state index contributed by atoms with van der Waals surface area (Å²) in [5, 5.41) is 9.10. The fourth-order valence-corrected chi connectivity index (χ4v) is 2.63. The minimum absolute atomic E-state index is 0.119. The van der Waals surface area contributed by atoms with Crippen LogP contribution in [0.2, 0.25) is 5.02 Å². The molecule has 2 rings (SSSR count). The zero-order chi connectivity index (χ0) is 17.0. The monoisotopic (exact) mass is 339 g/mol. The summed E-state index contributed by atoms with van der Waals surface area (Å²) < 4.78 is 26.6. The average Bonchev–Trinajstić information content (AvgIpc) is 2.55. The maximum Gasteiger partial charge on any atom is 0.255 e. The molecule has 2 aromatic rings. The molecule has 1 amide bonds. The standard InChI is InChI=1S/C17H16ClF2NO2/c1-21(16(7-8-22)11-5-3-2-4-6-11)17(23)12-9-14(19)15(20)10-13(12)18/h2-6,9-10,16,22H,7-8H2,1H3. The summed E-state index contributed by atoms with van der Waals surface area (Å²) in [6.45, 7) is -0.122. The van der Waals surface area contributed by atoms with E-state index in [-0.39, 0.29) is 17.2 Å². The minimum Gasteiger partial charge on any atom is -0.396 e. The highest BCUT2D eigenvalue weighted by Crippen LogP contribution is 2.27. The quantitative estimate of drug-likeness (QED) is 0.841. The fraction of sp³-hybridized carbons (Fsp3) is 0.235. The molecule has 0 aliphatic rings. The molecule has 0 radical (unpaired) electrons. The number of hydrogen-bond acceptors (Lipinski definition) is 2. The van der Waals surface area contributed by atoms with E-state index in [2.05, 4.69) is 0 Å². The van der Waals surface area contributed by atoms with Crippen LogP contribution in [0.4, 0.5) is 8.78 Å². The number of aliphatic hydroxyl groups excluding tert-OH is 1. The van der Waals surface area contributed by atoms with Gasteiger partial charge in [0.1, 0.15) is 0 Å². The third-order valence-electron chi connectivity index (χ3n) is 3.62. The van der Waals surface area contributed by atoms with Crippen LogP contribution in [-0.2, 0) is 0 Å². The van der Waals surface area contributed by atoms with Gasteiger partial charge in [0.2, 0.25) is 0 Å². The van der Waals surface area contributed by atoms with Gasteiger partial charge in [-0.05, 0) is 24.1 Å². The average molecular weight is 340 g/mol. The maximum atomic E-state index is 13.4. The summed E-state index contributed by atoms with van der Waals surface area (Å²) in [7, 11) is 1.53. The zero-order valence-electron chi connectivity index (χ0n) is 12.5. The zero-order valence-corrected chi connectivity index (χ0v) is 13.2. The molecule has 0 bridgehead atoms. The molecule has 0 fully saturated rings. The van der Waals surface area contributed by atoms with Crippen molar-refractivity contribution >= 4 is 17.5 Å². The molecule has 0 aromatic heterocycles. The first kappa shape index (κ1) is 17.4. The van der Waals surface area contributed by atoms with E-state index in [4.69, 9.17) is 11.6 Å². The largest absolute Gasteiger partial charge is 0.396 e. The van der Waals surface area contributed by atoms with E-state index < -0.39 is 23.6 Å². The molecule has 0 aliphatic carbocycles. The van der Waals surface area contributed by atoms with Gasteiger partial charge >= 0.3 is 0 Å². The van der Waals surface area contributed by atoms with E-state index in [1.807, 2.05) is 30.3 Å². The third kappa shape index (κ3) is 3.86. The second-order valence-electron chi connectivity index (χ2n) is 5.10. The van der Waals surface area contributed by atoms with Crippen LogP contribution < -0.4 is 0 Å². The molecule has 0 aliphatic heterocycles. The van der Waals surface area contributed by atoms with Crippen molar-refractivity contribution in [1.82, 2.24) is 4.90 Å². The summed E-state index contributed by atoms with van der Waals surface area (Å²) >= 11 is 5.86. The lowest BCUT2D eigenvalue weighted by Gasteiger charge is -2.28. The van der Waals surface area contributed by atoms with Crippen molar-refractivity contribution in [2.24, 2.45) is 0 Å². The van der Waals surface area contributed by atoms with Crippen molar-refractivity contribution in [1.29, 1.82) is 0 Å². The molecule has 0 saturated heterocycles. The van der Waals surface area contributed by atoms with Crippen LogP contribution in [-0.4, -0.2) is 29.6 Å². The normalized spacial score (nSPS) is 12.0. The van der Waals surface area contributed by atoms with E-state index in [0.717, 1.165) is 17.7 Å². The molecule has 0 saturated carbocycles. The predicted octanol–water partition coefficient (Wildman–Crippen LogP) is 3.81. The lowest BCUT2D eigenvalue weighted by Crippen LogP contribution is -2.32. The van der Waals surface area contributed by atoms with Gasteiger partial charge in [0.25, 0.3) is 5.91 Å². The first-order valence-electron chi connectivity index (χ1n) is 7.03. The summed E-state index contributed by atoms with van der Waals surface area (Å²) in [6, 6.07) is 10.3. The lowest BCUT2D eigenvalue weighted by atomic mass is 10.0. The van der Waals surface area contributed by atoms with Crippen molar-refractivity contribution in [3.63, 3.8) is 0 Å². The van der Waals surface area contributed by atoms with Crippen LogP contribution in [0.1, 0.15) is 28.4 Å². The molecular weight excluding hydrogens is 324 g/mol. The molecule has 3 nitrogen and oxygen atoms in total. The van der Waals surface area contributed by atoms with Crippen LogP contribution in [0.25, 0.3) is 0 Å². The Morgan fingerprint density at radius 2 is 1.83 bits per heavy atom. The van der Waals surface area contributed by atoms with Crippen molar-refractivity contribution in [2.45, 2.75) is 12.5 Å². The van der Waals surface area contributed by atoms with Crippen molar-refractivity contribution in [3.8, 4) is 0 Å². The highest BCUT2D eigenvalue weighted by Gasteiger charge is 2.25.